The van der Waals surface area contributed by atoms with Crippen molar-refractivity contribution >= 4 is 17.6 Å². The zero-order valence-electron chi connectivity index (χ0n) is 7.44. The van der Waals surface area contributed by atoms with E-state index in [2.05, 4.69) is 5.10 Å². The maximum atomic E-state index is 10.8. The highest BCUT2D eigenvalue weighted by Gasteiger charge is 2.23. The fourth-order valence-electron chi connectivity index (χ4n) is 1.17. The van der Waals surface area contributed by atoms with Crippen LogP contribution >= 0.6 is 11.6 Å². The monoisotopic (exact) mass is 202 g/mol. The Bertz CT molecular complexity index is 309. The summed E-state index contributed by atoms with van der Waals surface area (Å²) in [6.07, 6.45) is 2.94. The number of aromatic nitrogens is 2. The van der Waals surface area contributed by atoms with Crippen molar-refractivity contribution < 1.29 is 9.90 Å². The molecule has 1 N–H and O–H groups in total. The van der Waals surface area contributed by atoms with E-state index in [0.717, 1.165) is 0 Å². The maximum Gasteiger partial charge on any atom is 0.328 e. The topological polar surface area (TPSA) is 55.1 Å². The molecule has 0 bridgehead atoms. The Hall–Kier alpha value is -1.03. The van der Waals surface area contributed by atoms with Crippen LogP contribution in [0, 0.1) is 5.92 Å². The molecule has 0 amide bonds. The van der Waals surface area contributed by atoms with Gasteiger partial charge in [-0.25, -0.2) is 4.79 Å². The molecular weight excluding hydrogens is 192 g/mol. The van der Waals surface area contributed by atoms with Gasteiger partial charge < -0.3 is 5.11 Å². The van der Waals surface area contributed by atoms with Gasteiger partial charge >= 0.3 is 5.97 Å². The van der Waals surface area contributed by atoms with Gasteiger partial charge in [-0.1, -0.05) is 25.4 Å². The second kappa shape index (κ2) is 3.79. The van der Waals surface area contributed by atoms with Gasteiger partial charge in [0.05, 0.1) is 11.2 Å². The van der Waals surface area contributed by atoms with Crippen molar-refractivity contribution in [2.45, 2.75) is 19.9 Å². The number of halogens is 1. The summed E-state index contributed by atoms with van der Waals surface area (Å²) in [6, 6.07) is -0.646. The van der Waals surface area contributed by atoms with Gasteiger partial charge in [0.25, 0.3) is 0 Å². The number of rotatable bonds is 3. The summed E-state index contributed by atoms with van der Waals surface area (Å²) in [4.78, 5) is 10.8. The number of carbonyl (C=O) groups is 1. The van der Waals surface area contributed by atoms with Crippen molar-refractivity contribution in [1.82, 2.24) is 9.78 Å². The molecule has 0 spiro atoms. The molecule has 1 unspecified atom stereocenters. The number of aliphatic carboxylic acids is 1. The van der Waals surface area contributed by atoms with Crippen LogP contribution in [0.25, 0.3) is 0 Å². The van der Waals surface area contributed by atoms with Crippen molar-refractivity contribution in [3.63, 3.8) is 0 Å². The van der Waals surface area contributed by atoms with Crippen LogP contribution in [-0.2, 0) is 4.79 Å². The van der Waals surface area contributed by atoms with Crippen LogP contribution in [-0.4, -0.2) is 20.9 Å². The second-order valence-electron chi connectivity index (χ2n) is 3.17. The third kappa shape index (κ3) is 2.21. The van der Waals surface area contributed by atoms with Crippen molar-refractivity contribution in [2.24, 2.45) is 5.92 Å². The molecule has 0 fully saturated rings. The fourth-order valence-corrected chi connectivity index (χ4v) is 1.31. The Morgan fingerprint density at radius 2 is 2.31 bits per heavy atom. The fraction of sp³-hybridized carbons (Fsp3) is 0.500. The van der Waals surface area contributed by atoms with Crippen LogP contribution < -0.4 is 0 Å². The minimum atomic E-state index is -0.894. The number of hydrogen-bond donors (Lipinski definition) is 1. The Kier molecular flexibility index (Phi) is 2.93. The lowest BCUT2D eigenvalue weighted by Crippen LogP contribution is -2.24. The summed E-state index contributed by atoms with van der Waals surface area (Å²) >= 11 is 5.64. The molecule has 1 heterocycles. The highest BCUT2D eigenvalue weighted by molar-refractivity contribution is 6.30. The van der Waals surface area contributed by atoms with E-state index in [1.807, 2.05) is 13.8 Å². The van der Waals surface area contributed by atoms with Crippen molar-refractivity contribution in [1.29, 1.82) is 0 Å². The van der Waals surface area contributed by atoms with E-state index >= 15 is 0 Å². The summed E-state index contributed by atoms with van der Waals surface area (Å²) in [5.74, 6) is -0.914. The average molecular weight is 203 g/mol. The quantitative estimate of drug-likeness (QED) is 0.814. The van der Waals surface area contributed by atoms with Crippen LogP contribution in [0.3, 0.4) is 0 Å². The van der Waals surface area contributed by atoms with Crippen LogP contribution in [0.2, 0.25) is 5.02 Å². The van der Waals surface area contributed by atoms with Gasteiger partial charge in [-0.2, -0.15) is 5.10 Å². The van der Waals surface area contributed by atoms with Crippen LogP contribution in [0.1, 0.15) is 19.9 Å². The molecule has 72 valence electrons. The molecule has 1 aromatic heterocycles. The van der Waals surface area contributed by atoms with Gasteiger partial charge in [-0.15, -0.1) is 0 Å². The molecule has 0 aliphatic rings. The molecule has 1 aromatic rings. The van der Waals surface area contributed by atoms with Gasteiger partial charge in [0, 0.05) is 6.20 Å². The first kappa shape index (κ1) is 10.1. The van der Waals surface area contributed by atoms with E-state index in [0.29, 0.717) is 5.02 Å². The first-order valence-electron chi connectivity index (χ1n) is 3.95. The second-order valence-corrected chi connectivity index (χ2v) is 3.60. The first-order valence-corrected chi connectivity index (χ1v) is 4.32. The first-order chi connectivity index (χ1) is 6.02. The molecule has 0 aliphatic carbocycles. The van der Waals surface area contributed by atoms with Crippen LogP contribution in [0.5, 0.6) is 0 Å². The Morgan fingerprint density at radius 3 is 2.62 bits per heavy atom. The Balaban J connectivity index is 2.95. The minimum Gasteiger partial charge on any atom is -0.480 e. The molecule has 5 heteroatoms. The number of nitrogens with zero attached hydrogens (tertiary/aromatic N) is 2. The molecule has 0 saturated carbocycles. The summed E-state index contributed by atoms with van der Waals surface area (Å²) < 4.78 is 1.37. The molecule has 0 saturated heterocycles. The Morgan fingerprint density at radius 1 is 1.69 bits per heavy atom. The summed E-state index contributed by atoms with van der Waals surface area (Å²) in [6.45, 7) is 3.66. The largest absolute Gasteiger partial charge is 0.480 e. The molecule has 0 aromatic carbocycles. The predicted molar refractivity (Wildman–Crippen MR) is 48.7 cm³/mol. The average Bonchev–Trinajstić information content (AvgIpc) is 2.34. The van der Waals surface area contributed by atoms with E-state index in [9.17, 15) is 4.79 Å². The molecule has 1 rings (SSSR count). The zero-order chi connectivity index (χ0) is 10.0. The van der Waals surface area contributed by atoms with Crippen LogP contribution in [0.4, 0.5) is 0 Å². The van der Waals surface area contributed by atoms with Gasteiger partial charge in [0.15, 0.2) is 6.04 Å². The van der Waals surface area contributed by atoms with Crippen molar-refractivity contribution in [2.75, 3.05) is 0 Å². The molecule has 0 aliphatic heterocycles. The van der Waals surface area contributed by atoms with Gasteiger partial charge in [0.2, 0.25) is 0 Å². The van der Waals surface area contributed by atoms with Crippen LogP contribution in [0.15, 0.2) is 12.4 Å². The number of hydrogen-bond acceptors (Lipinski definition) is 2. The lowest BCUT2D eigenvalue weighted by Gasteiger charge is -2.15. The molecule has 1 atom stereocenters. The SMILES string of the molecule is CC(C)C(C(=O)O)n1cc(Cl)cn1. The predicted octanol–water partition coefficient (Wildman–Crippen LogP) is 1.82. The summed E-state index contributed by atoms with van der Waals surface area (Å²) in [5.41, 5.74) is 0. The maximum absolute atomic E-state index is 10.8. The molecule has 13 heavy (non-hydrogen) atoms. The van der Waals surface area contributed by atoms with E-state index in [-0.39, 0.29) is 5.92 Å². The number of carboxylic acid groups (broad SMARTS) is 1. The zero-order valence-corrected chi connectivity index (χ0v) is 8.19. The molecular formula is C8H11ClN2O2. The Labute approximate surface area is 81.1 Å². The third-order valence-electron chi connectivity index (χ3n) is 1.74. The van der Waals surface area contributed by atoms with Crippen molar-refractivity contribution in [3.05, 3.63) is 17.4 Å². The van der Waals surface area contributed by atoms with Gasteiger partial charge in [0.1, 0.15) is 0 Å². The van der Waals surface area contributed by atoms with E-state index in [1.165, 1.54) is 17.1 Å². The van der Waals surface area contributed by atoms with E-state index in [4.69, 9.17) is 16.7 Å². The number of carboxylic acids is 1. The standard InChI is InChI=1S/C8H11ClN2O2/c1-5(2)7(8(12)13)11-4-6(9)3-10-11/h3-5,7H,1-2H3,(H,12,13). The highest BCUT2D eigenvalue weighted by Crippen LogP contribution is 2.18. The van der Waals surface area contributed by atoms with E-state index in [1.54, 1.807) is 0 Å². The lowest BCUT2D eigenvalue weighted by atomic mass is 10.1. The molecule has 0 radical (unpaired) electrons. The van der Waals surface area contributed by atoms with Crippen molar-refractivity contribution in [3.8, 4) is 0 Å². The normalized spacial score (nSPS) is 13.2. The third-order valence-corrected chi connectivity index (χ3v) is 1.93. The smallest absolute Gasteiger partial charge is 0.328 e. The summed E-state index contributed by atoms with van der Waals surface area (Å²) in [5, 5.41) is 13.2. The van der Waals surface area contributed by atoms with Gasteiger partial charge in [-0.05, 0) is 5.92 Å². The molecule has 4 nitrogen and oxygen atoms in total. The minimum absolute atomic E-state index is 0.0199. The van der Waals surface area contributed by atoms with Gasteiger partial charge in [-0.3, -0.25) is 4.68 Å². The summed E-state index contributed by atoms with van der Waals surface area (Å²) in [7, 11) is 0. The van der Waals surface area contributed by atoms with E-state index < -0.39 is 12.0 Å². The highest BCUT2D eigenvalue weighted by atomic mass is 35.5. The lowest BCUT2D eigenvalue weighted by molar-refractivity contribution is -0.142.